The normalized spacial score (nSPS) is 13.3. The number of ether oxygens (including phenoxy) is 2. The van der Waals surface area contributed by atoms with Crippen LogP contribution in [0.1, 0.15) is 31.0 Å². The number of alkyl halides is 3. The molecule has 3 nitrogen and oxygen atoms in total. The molecule has 20 heavy (non-hydrogen) atoms. The molecule has 1 N–H and O–H groups in total. The highest BCUT2D eigenvalue weighted by Crippen LogP contribution is 2.26. The van der Waals surface area contributed by atoms with E-state index in [0.717, 1.165) is 17.7 Å². The molecule has 1 atom stereocenters. The number of hydrogen-bond donors (Lipinski definition) is 1. The molecule has 1 unspecified atom stereocenters. The van der Waals surface area contributed by atoms with Gasteiger partial charge in [0, 0.05) is 11.6 Å². The van der Waals surface area contributed by atoms with Crippen LogP contribution in [0.2, 0.25) is 0 Å². The lowest BCUT2D eigenvalue weighted by Crippen LogP contribution is -2.20. The molecule has 1 aromatic rings. The topological polar surface area (TPSA) is 30.5 Å². The van der Waals surface area contributed by atoms with Crippen molar-refractivity contribution in [1.82, 2.24) is 5.32 Å². The molecule has 0 aliphatic carbocycles. The predicted octanol–water partition coefficient (Wildman–Crippen LogP) is 3.58. The van der Waals surface area contributed by atoms with E-state index in [2.05, 4.69) is 10.1 Å². The van der Waals surface area contributed by atoms with Crippen molar-refractivity contribution >= 4 is 0 Å². The fraction of sp³-hybridized carbons (Fsp3) is 0.571. The van der Waals surface area contributed by atoms with Crippen LogP contribution in [0.4, 0.5) is 13.2 Å². The summed E-state index contributed by atoms with van der Waals surface area (Å²) in [6, 6.07) is 5.67. The van der Waals surface area contributed by atoms with Gasteiger partial charge in [-0.15, -0.1) is 13.2 Å². The smallest absolute Gasteiger partial charge is 0.491 e. The van der Waals surface area contributed by atoms with Crippen molar-refractivity contribution in [1.29, 1.82) is 0 Å². The summed E-state index contributed by atoms with van der Waals surface area (Å²) >= 11 is 0. The molecule has 0 heterocycles. The molecule has 6 heteroatoms. The summed E-state index contributed by atoms with van der Waals surface area (Å²) in [7, 11) is 0. The number of hydrogen-bond acceptors (Lipinski definition) is 3. The standard InChI is InChI=1S/C14H20F3NO2/c1-4-18-11(3)12-9-10(2)5-6-13(12)19-7-8-20-14(15,16)17/h5-6,9,11,18H,4,7-8H2,1-3H3. The van der Waals surface area contributed by atoms with Crippen LogP contribution in [-0.4, -0.2) is 26.1 Å². The van der Waals surface area contributed by atoms with Crippen LogP contribution in [-0.2, 0) is 4.74 Å². The summed E-state index contributed by atoms with van der Waals surface area (Å²) in [4.78, 5) is 0. The molecule has 0 amide bonds. The van der Waals surface area contributed by atoms with Gasteiger partial charge in [-0.2, -0.15) is 0 Å². The Balaban J connectivity index is 2.64. The Kier molecular flexibility index (Phi) is 6.29. The van der Waals surface area contributed by atoms with Crippen molar-refractivity contribution in [2.75, 3.05) is 19.8 Å². The molecule has 0 aliphatic heterocycles. The zero-order chi connectivity index (χ0) is 15.2. The average molecular weight is 291 g/mol. The molecule has 114 valence electrons. The van der Waals surface area contributed by atoms with Gasteiger partial charge in [0.15, 0.2) is 0 Å². The van der Waals surface area contributed by atoms with Crippen LogP contribution in [0, 0.1) is 6.92 Å². The fourth-order valence-electron chi connectivity index (χ4n) is 1.86. The molecule has 0 radical (unpaired) electrons. The number of halogens is 3. The summed E-state index contributed by atoms with van der Waals surface area (Å²) in [5.41, 5.74) is 2.00. The van der Waals surface area contributed by atoms with Crippen molar-refractivity contribution in [2.45, 2.75) is 33.2 Å². The van der Waals surface area contributed by atoms with Gasteiger partial charge in [-0.1, -0.05) is 24.6 Å². The fourth-order valence-corrected chi connectivity index (χ4v) is 1.86. The van der Waals surface area contributed by atoms with E-state index < -0.39 is 13.0 Å². The summed E-state index contributed by atoms with van der Waals surface area (Å²) in [6.45, 7) is 6.06. The SMILES string of the molecule is CCNC(C)c1cc(C)ccc1OCCOC(F)(F)F. The molecule has 0 aliphatic rings. The van der Waals surface area contributed by atoms with E-state index >= 15 is 0 Å². The van der Waals surface area contributed by atoms with Gasteiger partial charge in [0.1, 0.15) is 12.4 Å². The third-order valence-electron chi connectivity index (χ3n) is 2.75. The number of benzene rings is 1. The minimum Gasteiger partial charge on any atom is -0.491 e. The monoisotopic (exact) mass is 291 g/mol. The van der Waals surface area contributed by atoms with E-state index in [9.17, 15) is 13.2 Å². The second kappa shape index (κ2) is 7.50. The molecule has 0 saturated heterocycles. The third kappa shape index (κ3) is 5.79. The Hall–Kier alpha value is -1.27. The van der Waals surface area contributed by atoms with E-state index in [4.69, 9.17) is 4.74 Å². The maximum absolute atomic E-state index is 11.9. The van der Waals surface area contributed by atoms with Crippen molar-refractivity contribution in [3.05, 3.63) is 29.3 Å². The van der Waals surface area contributed by atoms with Gasteiger partial charge >= 0.3 is 6.36 Å². The first-order chi connectivity index (χ1) is 9.33. The van der Waals surface area contributed by atoms with Crippen LogP contribution < -0.4 is 10.1 Å². The van der Waals surface area contributed by atoms with Crippen LogP contribution in [0.25, 0.3) is 0 Å². The van der Waals surface area contributed by atoms with Gasteiger partial charge in [0.2, 0.25) is 0 Å². The van der Waals surface area contributed by atoms with Crippen LogP contribution in [0.5, 0.6) is 5.75 Å². The van der Waals surface area contributed by atoms with Crippen LogP contribution >= 0.6 is 0 Å². The summed E-state index contributed by atoms with van der Waals surface area (Å²) in [5.74, 6) is 0.579. The van der Waals surface area contributed by atoms with Crippen molar-refractivity contribution < 1.29 is 22.6 Å². The van der Waals surface area contributed by atoms with E-state index in [1.165, 1.54) is 0 Å². The van der Waals surface area contributed by atoms with Crippen molar-refractivity contribution in [3.63, 3.8) is 0 Å². The Morgan fingerprint density at radius 2 is 1.95 bits per heavy atom. The first-order valence-electron chi connectivity index (χ1n) is 6.51. The summed E-state index contributed by atoms with van der Waals surface area (Å²) in [5, 5.41) is 3.25. The first-order valence-corrected chi connectivity index (χ1v) is 6.51. The number of aryl methyl sites for hydroxylation is 1. The molecule has 0 saturated carbocycles. The maximum Gasteiger partial charge on any atom is 0.522 e. The summed E-state index contributed by atoms with van der Waals surface area (Å²) in [6.07, 6.45) is -4.61. The summed E-state index contributed by atoms with van der Waals surface area (Å²) < 4.78 is 44.6. The van der Waals surface area contributed by atoms with E-state index in [1.807, 2.05) is 32.9 Å². The molecular formula is C14H20F3NO2. The molecule has 0 spiro atoms. The van der Waals surface area contributed by atoms with Crippen LogP contribution in [0.3, 0.4) is 0 Å². The number of rotatable bonds is 7. The molecule has 0 fully saturated rings. The van der Waals surface area contributed by atoms with Gasteiger partial charge in [-0.05, 0) is 26.5 Å². The van der Waals surface area contributed by atoms with Gasteiger partial charge in [0.25, 0.3) is 0 Å². The maximum atomic E-state index is 11.9. The Morgan fingerprint density at radius 3 is 2.55 bits per heavy atom. The van der Waals surface area contributed by atoms with Crippen LogP contribution in [0.15, 0.2) is 18.2 Å². The van der Waals surface area contributed by atoms with Gasteiger partial charge in [-0.3, -0.25) is 4.74 Å². The van der Waals surface area contributed by atoms with E-state index in [1.54, 1.807) is 6.07 Å². The average Bonchev–Trinajstić information content (AvgIpc) is 2.35. The lowest BCUT2D eigenvalue weighted by molar-refractivity contribution is -0.325. The molecular weight excluding hydrogens is 271 g/mol. The zero-order valence-electron chi connectivity index (χ0n) is 11.9. The third-order valence-corrected chi connectivity index (χ3v) is 2.75. The first kappa shape index (κ1) is 16.8. The van der Waals surface area contributed by atoms with E-state index in [-0.39, 0.29) is 12.6 Å². The van der Waals surface area contributed by atoms with Gasteiger partial charge in [0.05, 0.1) is 6.61 Å². The van der Waals surface area contributed by atoms with E-state index in [0.29, 0.717) is 5.75 Å². The predicted molar refractivity (Wildman–Crippen MR) is 70.8 cm³/mol. The lowest BCUT2D eigenvalue weighted by atomic mass is 10.0. The Morgan fingerprint density at radius 1 is 1.25 bits per heavy atom. The highest BCUT2D eigenvalue weighted by Gasteiger charge is 2.28. The highest BCUT2D eigenvalue weighted by atomic mass is 19.4. The lowest BCUT2D eigenvalue weighted by Gasteiger charge is -2.18. The van der Waals surface area contributed by atoms with Gasteiger partial charge < -0.3 is 10.1 Å². The van der Waals surface area contributed by atoms with Gasteiger partial charge in [-0.25, -0.2) is 0 Å². The number of nitrogens with one attached hydrogen (secondary N) is 1. The Labute approximate surface area is 117 Å². The molecule has 0 bridgehead atoms. The molecule has 1 rings (SSSR count). The Bertz CT molecular complexity index is 421. The largest absolute Gasteiger partial charge is 0.522 e. The minimum atomic E-state index is -4.61. The molecule has 1 aromatic carbocycles. The quantitative estimate of drug-likeness (QED) is 0.779. The highest BCUT2D eigenvalue weighted by molar-refractivity contribution is 5.38. The molecule has 0 aromatic heterocycles. The second-order valence-corrected chi connectivity index (χ2v) is 4.46. The zero-order valence-corrected chi connectivity index (χ0v) is 11.9. The second-order valence-electron chi connectivity index (χ2n) is 4.46. The van der Waals surface area contributed by atoms with Crippen molar-refractivity contribution in [2.24, 2.45) is 0 Å². The van der Waals surface area contributed by atoms with Crippen molar-refractivity contribution in [3.8, 4) is 5.75 Å². The minimum absolute atomic E-state index is 0.0680.